The number of ether oxygens (including phenoxy) is 2. The zero-order valence-corrected chi connectivity index (χ0v) is 20.6. The molecule has 182 valence electrons. The van der Waals surface area contributed by atoms with Crippen LogP contribution in [0.3, 0.4) is 0 Å². The number of hydrogen-bond acceptors (Lipinski definition) is 7. The first-order chi connectivity index (χ1) is 17.7. The maximum atomic E-state index is 12.5. The molecule has 0 saturated heterocycles. The fourth-order valence-corrected chi connectivity index (χ4v) is 4.27. The van der Waals surface area contributed by atoms with Gasteiger partial charge in [0, 0.05) is 24.9 Å². The van der Waals surface area contributed by atoms with Crippen LogP contribution in [0.2, 0.25) is 0 Å². The molecule has 0 radical (unpaired) electrons. The highest BCUT2D eigenvalue weighted by Gasteiger charge is 2.16. The van der Waals surface area contributed by atoms with Crippen LogP contribution >= 0.6 is 11.8 Å². The molecule has 9 heteroatoms. The summed E-state index contributed by atoms with van der Waals surface area (Å²) in [7, 11) is 1.63. The summed E-state index contributed by atoms with van der Waals surface area (Å²) in [6.07, 6.45) is 0. The van der Waals surface area contributed by atoms with Crippen LogP contribution in [0, 0.1) is 11.3 Å². The molecule has 3 aromatic carbocycles. The average Bonchev–Trinajstić information content (AvgIpc) is 3.32. The summed E-state index contributed by atoms with van der Waals surface area (Å²) < 4.78 is 13.3. The first-order valence-corrected chi connectivity index (χ1v) is 12.3. The summed E-state index contributed by atoms with van der Waals surface area (Å²) >= 11 is 1.29. The molecule has 0 aliphatic heterocycles. The van der Waals surface area contributed by atoms with E-state index in [0.717, 1.165) is 16.9 Å². The topological polar surface area (TPSA) is 102 Å². The number of para-hydroxylation sites is 1. The predicted octanol–water partition coefficient (Wildman–Crippen LogP) is 4.77. The largest absolute Gasteiger partial charge is 0.485 e. The molecule has 4 aromatic rings. The number of hydrogen-bond donors (Lipinski definition) is 1. The fraction of sp³-hybridized carbons (Fsp3) is 0.185. The monoisotopic (exact) mass is 499 g/mol. The number of carbonyl (C=O) groups is 1. The van der Waals surface area contributed by atoms with Gasteiger partial charge in [-0.15, -0.1) is 10.2 Å². The van der Waals surface area contributed by atoms with Crippen molar-refractivity contribution in [1.29, 1.82) is 5.26 Å². The third kappa shape index (κ3) is 6.50. The summed E-state index contributed by atoms with van der Waals surface area (Å²) in [6, 6.07) is 26.7. The van der Waals surface area contributed by atoms with E-state index < -0.39 is 0 Å². The van der Waals surface area contributed by atoms with Crippen LogP contribution in [0.25, 0.3) is 11.1 Å². The van der Waals surface area contributed by atoms with E-state index in [4.69, 9.17) is 14.7 Å². The normalized spacial score (nSPS) is 10.6. The number of aromatic nitrogens is 3. The van der Waals surface area contributed by atoms with Crippen LogP contribution < -0.4 is 10.1 Å². The van der Waals surface area contributed by atoms with E-state index in [9.17, 15) is 4.79 Å². The summed E-state index contributed by atoms with van der Waals surface area (Å²) in [5.74, 6) is 1.37. The Morgan fingerprint density at radius 3 is 2.53 bits per heavy atom. The Kier molecular flexibility index (Phi) is 8.70. The zero-order valence-electron chi connectivity index (χ0n) is 19.8. The van der Waals surface area contributed by atoms with Crippen molar-refractivity contribution in [2.24, 2.45) is 0 Å². The molecule has 0 spiro atoms. The molecule has 8 nitrogen and oxygen atoms in total. The Balaban J connectivity index is 1.42. The first-order valence-electron chi connectivity index (χ1n) is 11.3. The van der Waals surface area contributed by atoms with Gasteiger partial charge in [0.2, 0.25) is 5.91 Å². The lowest BCUT2D eigenvalue weighted by atomic mass is 10.1. The van der Waals surface area contributed by atoms with Gasteiger partial charge in [0.1, 0.15) is 12.4 Å². The van der Waals surface area contributed by atoms with Gasteiger partial charge in [-0.3, -0.25) is 4.79 Å². The van der Waals surface area contributed by atoms with E-state index >= 15 is 0 Å². The van der Waals surface area contributed by atoms with Crippen molar-refractivity contribution in [2.75, 3.05) is 24.8 Å². The Bertz CT molecular complexity index is 1330. The lowest BCUT2D eigenvalue weighted by molar-refractivity contribution is -0.113. The molecule has 0 aliphatic rings. The van der Waals surface area contributed by atoms with Gasteiger partial charge in [-0.2, -0.15) is 5.26 Å². The maximum absolute atomic E-state index is 12.5. The van der Waals surface area contributed by atoms with Crippen molar-refractivity contribution < 1.29 is 14.3 Å². The van der Waals surface area contributed by atoms with Gasteiger partial charge in [0.15, 0.2) is 11.0 Å². The van der Waals surface area contributed by atoms with Crippen LogP contribution in [0.4, 0.5) is 5.69 Å². The van der Waals surface area contributed by atoms with Crippen LogP contribution in [0.15, 0.2) is 84.0 Å². The minimum Gasteiger partial charge on any atom is -0.485 e. The van der Waals surface area contributed by atoms with Gasteiger partial charge in [-0.25, -0.2) is 0 Å². The van der Waals surface area contributed by atoms with E-state index in [2.05, 4.69) is 21.6 Å². The third-order valence-electron chi connectivity index (χ3n) is 5.27. The van der Waals surface area contributed by atoms with Crippen LogP contribution in [0.1, 0.15) is 11.4 Å². The molecule has 0 atom stereocenters. The number of rotatable bonds is 11. The second-order valence-electron chi connectivity index (χ2n) is 7.72. The van der Waals surface area contributed by atoms with Crippen LogP contribution in [0.5, 0.6) is 5.75 Å². The van der Waals surface area contributed by atoms with Crippen molar-refractivity contribution in [3.8, 4) is 22.9 Å². The Hall–Kier alpha value is -4.13. The average molecular weight is 500 g/mol. The second-order valence-corrected chi connectivity index (χ2v) is 8.66. The number of anilines is 1. The van der Waals surface area contributed by atoms with E-state index in [0.29, 0.717) is 35.4 Å². The lowest BCUT2D eigenvalue weighted by Gasteiger charge is -2.13. The number of benzene rings is 3. The van der Waals surface area contributed by atoms with Crippen molar-refractivity contribution in [1.82, 2.24) is 14.8 Å². The molecule has 0 unspecified atom stereocenters. The highest BCUT2D eigenvalue weighted by atomic mass is 32.2. The molecule has 0 bridgehead atoms. The number of methoxy groups -OCH3 is 1. The SMILES string of the molecule is COCCn1c(COc2ccccc2-c2ccccc2)nnc1SCC(=O)Nc1ccc(C#N)cc1. The summed E-state index contributed by atoms with van der Waals surface area (Å²) in [4.78, 5) is 12.5. The second kappa shape index (κ2) is 12.5. The van der Waals surface area contributed by atoms with Gasteiger partial charge in [-0.1, -0.05) is 60.3 Å². The molecule has 36 heavy (non-hydrogen) atoms. The van der Waals surface area contributed by atoms with E-state index in [1.165, 1.54) is 11.8 Å². The fourth-order valence-electron chi connectivity index (χ4n) is 3.49. The van der Waals surface area contributed by atoms with Gasteiger partial charge in [0.05, 0.1) is 24.0 Å². The van der Waals surface area contributed by atoms with E-state index in [1.54, 1.807) is 31.4 Å². The highest BCUT2D eigenvalue weighted by Crippen LogP contribution is 2.30. The number of nitriles is 1. The number of amides is 1. The van der Waals surface area contributed by atoms with Gasteiger partial charge < -0.3 is 19.4 Å². The number of carbonyl (C=O) groups excluding carboxylic acids is 1. The zero-order chi connectivity index (χ0) is 25.2. The minimum atomic E-state index is -0.180. The lowest BCUT2D eigenvalue weighted by Crippen LogP contribution is -2.16. The summed E-state index contributed by atoms with van der Waals surface area (Å²) in [5, 5.41) is 20.9. The number of nitrogens with zero attached hydrogens (tertiary/aromatic N) is 4. The molecule has 1 N–H and O–H groups in total. The Morgan fingerprint density at radius 1 is 1.03 bits per heavy atom. The standard InChI is InChI=1S/C27H25N5O3S/c1-34-16-15-32-25(18-35-24-10-6-5-9-23(24)21-7-3-2-4-8-21)30-31-27(32)36-19-26(33)29-22-13-11-20(17-28)12-14-22/h2-14H,15-16,18-19H2,1H3,(H,29,33). The summed E-state index contributed by atoms with van der Waals surface area (Å²) in [5.41, 5.74) is 3.23. The first kappa shape index (κ1) is 25.0. The van der Waals surface area contributed by atoms with Crippen molar-refractivity contribution in [3.05, 3.63) is 90.3 Å². The third-order valence-corrected chi connectivity index (χ3v) is 6.24. The van der Waals surface area contributed by atoms with Crippen molar-refractivity contribution in [2.45, 2.75) is 18.3 Å². The number of nitrogens with one attached hydrogen (secondary N) is 1. The summed E-state index contributed by atoms with van der Waals surface area (Å²) in [6.45, 7) is 1.22. The molecule has 0 fully saturated rings. The maximum Gasteiger partial charge on any atom is 0.234 e. The van der Waals surface area contributed by atoms with Crippen molar-refractivity contribution >= 4 is 23.4 Å². The molecule has 4 rings (SSSR count). The predicted molar refractivity (Wildman–Crippen MR) is 139 cm³/mol. The number of thioether (sulfide) groups is 1. The van der Waals surface area contributed by atoms with E-state index in [-0.39, 0.29) is 18.3 Å². The van der Waals surface area contributed by atoms with E-state index in [1.807, 2.05) is 59.2 Å². The van der Waals surface area contributed by atoms with Gasteiger partial charge in [0.25, 0.3) is 0 Å². The molecule has 1 aromatic heterocycles. The molecular weight excluding hydrogens is 474 g/mol. The Labute approximate surface area is 213 Å². The highest BCUT2D eigenvalue weighted by molar-refractivity contribution is 7.99. The molecule has 1 heterocycles. The van der Waals surface area contributed by atoms with Gasteiger partial charge >= 0.3 is 0 Å². The van der Waals surface area contributed by atoms with Crippen LogP contribution in [-0.2, 0) is 22.7 Å². The van der Waals surface area contributed by atoms with Crippen molar-refractivity contribution in [3.63, 3.8) is 0 Å². The quantitative estimate of drug-likeness (QED) is 0.297. The van der Waals surface area contributed by atoms with Crippen LogP contribution in [-0.4, -0.2) is 40.1 Å². The molecular formula is C27H25N5O3S. The van der Waals surface area contributed by atoms with Gasteiger partial charge in [-0.05, 0) is 35.9 Å². The minimum absolute atomic E-state index is 0.156. The smallest absolute Gasteiger partial charge is 0.234 e. The molecule has 1 amide bonds. The molecule has 0 aliphatic carbocycles. The molecule has 0 saturated carbocycles. The Morgan fingerprint density at radius 2 is 1.78 bits per heavy atom.